The van der Waals surface area contributed by atoms with Crippen LogP contribution in [0.25, 0.3) is 0 Å². The second kappa shape index (κ2) is 5.87. The van der Waals surface area contributed by atoms with E-state index in [1.54, 1.807) is 11.6 Å². The average molecular weight is 294 g/mol. The Balaban J connectivity index is 2.19. The van der Waals surface area contributed by atoms with E-state index in [1.165, 1.54) is 0 Å². The van der Waals surface area contributed by atoms with Crippen molar-refractivity contribution in [2.24, 2.45) is 0 Å². The summed E-state index contributed by atoms with van der Waals surface area (Å²) in [5, 5.41) is 4.26. The Bertz CT molecular complexity index is 555. The molecule has 1 aromatic rings. The second-order valence-electron chi connectivity index (χ2n) is 6.09. The lowest BCUT2D eigenvalue weighted by molar-refractivity contribution is -0.155. The molecule has 1 heterocycles. The van der Waals surface area contributed by atoms with Gasteiger partial charge in [-0.05, 0) is 47.0 Å². The Morgan fingerprint density at radius 1 is 1.29 bits per heavy atom. The fourth-order valence-electron chi connectivity index (χ4n) is 2.50. The molecule has 0 aromatic carbocycles. The van der Waals surface area contributed by atoms with Gasteiger partial charge in [-0.2, -0.15) is 5.10 Å². The molecule has 0 fully saturated rings. The van der Waals surface area contributed by atoms with E-state index in [4.69, 9.17) is 9.47 Å². The molecule has 0 atom stereocenters. The highest BCUT2D eigenvalue weighted by Crippen LogP contribution is 2.26. The molecule has 116 valence electrons. The second-order valence-corrected chi connectivity index (χ2v) is 6.09. The topological polar surface area (TPSA) is 70.4 Å². The number of carbonyl (C=O) groups excluding carboxylic acids is 2. The van der Waals surface area contributed by atoms with Crippen molar-refractivity contribution in [2.75, 3.05) is 6.61 Å². The molecule has 0 amide bonds. The summed E-state index contributed by atoms with van der Waals surface area (Å²) < 4.78 is 11.9. The Kier molecular flexibility index (Phi) is 4.34. The minimum atomic E-state index is -0.530. The van der Waals surface area contributed by atoms with E-state index in [9.17, 15) is 9.59 Å². The van der Waals surface area contributed by atoms with Crippen molar-refractivity contribution in [1.29, 1.82) is 0 Å². The summed E-state index contributed by atoms with van der Waals surface area (Å²) in [6.07, 6.45) is 2.59. The lowest BCUT2D eigenvalue weighted by Gasteiger charge is -2.19. The molecule has 6 heteroatoms. The zero-order chi connectivity index (χ0) is 15.6. The van der Waals surface area contributed by atoms with Gasteiger partial charge in [-0.25, -0.2) is 4.79 Å². The summed E-state index contributed by atoms with van der Waals surface area (Å²) in [6, 6.07) is 0. The fraction of sp³-hybridized carbons (Fsp3) is 0.667. The summed E-state index contributed by atoms with van der Waals surface area (Å²) in [7, 11) is 0. The van der Waals surface area contributed by atoms with E-state index in [2.05, 4.69) is 5.10 Å². The Labute approximate surface area is 124 Å². The highest BCUT2D eigenvalue weighted by Gasteiger charge is 2.28. The molecule has 6 nitrogen and oxygen atoms in total. The first-order valence-corrected chi connectivity index (χ1v) is 7.29. The van der Waals surface area contributed by atoms with Gasteiger partial charge < -0.3 is 9.47 Å². The van der Waals surface area contributed by atoms with Gasteiger partial charge in [-0.3, -0.25) is 9.48 Å². The first-order valence-electron chi connectivity index (χ1n) is 7.29. The molecule has 0 spiro atoms. The molecule has 21 heavy (non-hydrogen) atoms. The van der Waals surface area contributed by atoms with Gasteiger partial charge in [0.1, 0.15) is 12.1 Å². The van der Waals surface area contributed by atoms with Gasteiger partial charge in [0.15, 0.2) is 5.69 Å². The number of carbonyl (C=O) groups is 2. The largest absolute Gasteiger partial charge is 0.461 e. The monoisotopic (exact) mass is 294 g/mol. The van der Waals surface area contributed by atoms with Crippen LogP contribution in [0.3, 0.4) is 0 Å². The number of hydrogen-bond acceptors (Lipinski definition) is 5. The molecule has 0 saturated heterocycles. The lowest BCUT2D eigenvalue weighted by atomic mass is 10.2. The standard InChI is InChI=1S/C15H22N2O4/c1-5-20-14(19)13-10-7-6-8-11(10)17(16-13)9-12(18)21-15(2,3)4/h5-9H2,1-4H3. The third-order valence-corrected chi connectivity index (χ3v) is 3.17. The zero-order valence-corrected chi connectivity index (χ0v) is 13.1. The smallest absolute Gasteiger partial charge is 0.359 e. The van der Waals surface area contributed by atoms with Crippen molar-refractivity contribution >= 4 is 11.9 Å². The van der Waals surface area contributed by atoms with Crippen LogP contribution in [0.5, 0.6) is 0 Å². The van der Waals surface area contributed by atoms with Crippen molar-refractivity contribution in [3.8, 4) is 0 Å². The van der Waals surface area contributed by atoms with Crippen LogP contribution >= 0.6 is 0 Å². The number of rotatable bonds is 4. The maximum Gasteiger partial charge on any atom is 0.359 e. The van der Waals surface area contributed by atoms with Crippen molar-refractivity contribution in [1.82, 2.24) is 9.78 Å². The highest BCUT2D eigenvalue weighted by atomic mass is 16.6. The van der Waals surface area contributed by atoms with E-state index >= 15 is 0 Å². The predicted octanol–water partition coefficient (Wildman–Crippen LogP) is 1.89. The first-order chi connectivity index (χ1) is 9.81. The van der Waals surface area contributed by atoms with Crippen LogP contribution in [-0.2, 0) is 33.7 Å². The van der Waals surface area contributed by atoms with Gasteiger partial charge in [-0.15, -0.1) is 0 Å². The Morgan fingerprint density at radius 3 is 2.62 bits per heavy atom. The summed E-state index contributed by atoms with van der Waals surface area (Å²) in [6.45, 7) is 7.56. The van der Waals surface area contributed by atoms with Crippen molar-refractivity contribution in [3.05, 3.63) is 17.0 Å². The van der Waals surface area contributed by atoms with E-state index in [0.717, 1.165) is 30.5 Å². The van der Waals surface area contributed by atoms with Crippen LogP contribution in [0.15, 0.2) is 0 Å². The highest BCUT2D eigenvalue weighted by molar-refractivity contribution is 5.89. The normalized spacial score (nSPS) is 13.9. The van der Waals surface area contributed by atoms with Gasteiger partial charge in [0.05, 0.1) is 6.61 Å². The summed E-state index contributed by atoms with van der Waals surface area (Å²) in [5.41, 5.74) is 1.67. The third-order valence-electron chi connectivity index (χ3n) is 3.17. The Morgan fingerprint density at radius 2 is 2.00 bits per heavy atom. The molecule has 2 rings (SSSR count). The molecule has 1 aliphatic rings. The van der Waals surface area contributed by atoms with Crippen molar-refractivity contribution in [3.63, 3.8) is 0 Å². The quantitative estimate of drug-likeness (QED) is 0.793. The molecule has 0 radical (unpaired) electrons. The number of esters is 2. The maximum atomic E-state index is 11.9. The molecule has 0 saturated carbocycles. The van der Waals surface area contributed by atoms with E-state index < -0.39 is 11.6 Å². The molecule has 0 bridgehead atoms. The van der Waals surface area contributed by atoms with Crippen LogP contribution in [0.2, 0.25) is 0 Å². The van der Waals surface area contributed by atoms with Crippen LogP contribution in [-0.4, -0.2) is 33.9 Å². The third kappa shape index (κ3) is 3.62. The van der Waals surface area contributed by atoms with E-state index in [-0.39, 0.29) is 12.5 Å². The minimum absolute atomic E-state index is 0.0268. The van der Waals surface area contributed by atoms with E-state index in [1.807, 2.05) is 20.8 Å². The molecule has 0 N–H and O–H groups in total. The predicted molar refractivity (Wildman–Crippen MR) is 76.1 cm³/mol. The van der Waals surface area contributed by atoms with Crippen LogP contribution in [0.4, 0.5) is 0 Å². The average Bonchev–Trinajstić information content (AvgIpc) is 2.90. The maximum absolute atomic E-state index is 11.9. The van der Waals surface area contributed by atoms with Crippen LogP contribution in [0.1, 0.15) is 55.9 Å². The molecule has 1 aromatic heterocycles. The van der Waals surface area contributed by atoms with Gasteiger partial charge in [0.2, 0.25) is 0 Å². The minimum Gasteiger partial charge on any atom is -0.461 e. The summed E-state index contributed by atoms with van der Waals surface area (Å²) in [4.78, 5) is 23.9. The summed E-state index contributed by atoms with van der Waals surface area (Å²) >= 11 is 0. The fourth-order valence-corrected chi connectivity index (χ4v) is 2.50. The van der Waals surface area contributed by atoms with E-state index in [0.29, 0.717) is 12.3 Å². The zero-order valence-electron chi connectivity index (χ0n) is 13.1. The van der Waals surface area contributed by atoms with Gasteiger partial charge in [0, 0.05) is 11.3 Å². The first kappa shape index (κ1) is 15.5. The van der Waals surface area contributed by atoms with Crippen LogP contribution in [0, 0.1) is 0 Å². The number of ether oxygens (including phenoxy) is 2. The Hall–Kier alpha value is -1.85. The molecule has 0 aliphatic heterocycles. The van der Waals surface area contributed by atoms with Gasteiger partial charge in [-0.1, -0.05) is 0 Å². The van der Waals surface area contributed by atoms with Gasteiger partial charge >= 0.3 is 11.9 Å². The molecular weight excluding hydrogens is 272 g/mol. The SMILES string of the molecule is CCOC(=O)c1nn(CC(=O)OC(C)(C)C)c2c1CCC2. The summed E-state index contributed by atoms with van der Waals surface area (Å²) in [5.74, 6) is -0.770. The van der Waals surface area contributed by atoms with Crippen molar-refractivity contribution < 1.29 is 19.1 Å². The number of aromatic nitrogens is 2. The molecular formula is C15H22N2O4. The number of nitrogens with zero attached hydrogens (tertiary/aromatic N) is 2. The molecule has 0 unspecified atom stereocenters. The van der Waals surface area contributed by atoms with Crippen molar-refractivity contribution in [2.45, 2.75) is 59.1 Å². The number of fused-ring (bicyclic) bond motifs is 1. The van der Waals surface area contributed by atoms with Gasteiger partial charge in [0.25, 0.3) is 0 Å². The molecule has 1 aliphatic carbocycles. The van der Waals surface area contributed by atoms with Crippen LogP contribution < -0.4 is 0 Å². The number of hydrogen-bond donors (Lipinski definition) is 0. The lowest BCUT2D eigenvalue weighted by Crippen LogP contribution is -2.27.